The molecule has 3 rings (SSSR count). The summed E-state index contributed by atoms with van der Waals surface area (Å²) in [5.74, 6) is -0.919. The summed E-state index contributed by atoms with van der Waals surface area (Å²) in [7, 11) is -2.91. The van der Waals surface area contributed by atoms with Gasteiger partial charge in [-0.05, 0) is 36.4 Å². The van der Waals surface area contributed by atoms with Crippen LogP contribution in [0.3, 0.4) is 0 Å². The summed E-state index contributed by atoms with van der Waals surface area (Å²) in [5.41, 5.74) is 0.00610. The molecule has 1 heterocycles. The van der Waals surface area contributed by atoms with Crippen LogP contribution >= 0.6 is 11.6 Å². The van der Waals surface area contributed by atoms with Crippen molar-refractivity contribution in [1.29, 1.82) is 0 Å². The number of amides is 3. The van der Waals surface area contributed by atoms with E-state index >= 15 is 0 Å². The lowest BCUT2D eigenvalue weighted by molar-refractivity contribution is 0.0944. The monoisotopic (exact) mass is 576 g/mol. The standard InChI is InChI=1S/C25H25ClN4O8S/c1-36-13-11-28-25(33)38-22-10-8-18(16-29-22)24(32)30-39(34,35)21-9-7-17(15-20(21)26)23(31)27-12-14-37-19-5-3-2-4-6-19/h2-10,15-16H,11-14H2,1H3,(H,27,31)(H,28,33)(H,30,32). The average Bonchev–Trinajstić information content (AvgIpc) is 2.91. The minimum absolute atomic E-state index is 0.104. The van der Waals surface area contributed by atoms with Gasteiger partial charge in [-0.15, -0.1) is 0 Å². The molecule has 0 spiro atoms. The first-order valence-corrected chi connectivity index (χ1v) is 13.3. The summed E-state index contributed by atoms with van der Waals surface area (Å²) in [6.07, 6.45) is 0.269. The fourth-order valence-corrected chi connectivity index (χ4v) is 4.53. The molecular formula is C25H25ClN4O8S. The number of pyridine rings is 1. The molecule has 3 aromatic rings. The summed E-state index contributed by atoms with van der Waals surface area (Å²) in [5, 5.41) is 4.81. The van der Waals surface area contributed by atoms with Crippen molar-refractivity contribution < 1.29 is 37.0 Å². The largest absolute Gasteiger partial charge is 0.492 e. The Morgan fingerprint density at radius 1 is 0.897 bits per heavy atom. The highest BCUT2D eigenvalue weighted by Gasteiger charge is 2.23. The van der Waals surface area contributed by atoms with Crippen molar-refractivity contribution in [3.8, 4) is 11.6 Å². The van der Waals surface area contributed by atoms with Crippen LogP contribution in [0.5, 0.6) is 11.6 Å². The molecule has 0 aliphatic rings. The van der Waals surface area contributed by atoms with Crippen LogP contribution in [0.1, 0.15) is 20.7 Å². The minimum atomic E-state index is -4.39. The molecule has 0 saturated carbocycles. The Balaban J connectivity index is 1.55. The van der Waals surface area contributed by atoms with E-state index in [1.165, 1.54) is 31.4 Å². The van der Waals surface area contributed by atoms with Gasteiger partial charge in [0.25, 0.3) is 21.8 Å². The lowest BCUT2D eigenvalue weighted by Gasteiger charge is -2.11. The predicted molar refractivity (Wildman–Crippen MR) is 141 cm³/mol. The smallest absolute Gasteiger partial charge is 0.414 e. The molecule has 0 atom stereocenters. The highest BCUT2D eigenvalue weighted by molar-refractivity contribution is 7.90. The summed E-state index contributed by atoms with van der Waals surface area (Å²) in [4.78, 5) is 39.9. The van der Waals surface area contributed by atoms with Gasteiger partial charge in [-0.1, -0.05) is 29.8 Å². The third-order valence-electron chi connectivity index (χ3n) is 4.88. The molecule has 3 amide bonds. The van der Waals surface area contributed by atoms with Crippen molar-refractivity contribution >= 4 is 39.5 Å². The highest BCUT2D eigenvalue weighted by atomic mass is 35.5. The Morgan fingerprint density at radius 2 is 1.62 bits per heavy atom. The Hall–Kier alpha value is -4.20. The van der Waals surface area contributed by atoms with Crippen LogP contribution in [0.2, 0.25) is 5.02 Å². The Kier molecular flexibility index (Phi) is 10.6. The van der Waals surface area contributed by atoms with Crippen molar-refractivity contribution in [3.05, 3.63) is 83.0 Å². The summed E-state index contributed by atoms with van der Waals surface area (Å²) in [6, 6.07) is 15.1. The van der Waals surface area contributed by atoms with Gasteiger partial charge < -0.3 is 24.8 Å². The van der Waals surface area contributed by atoms with Crippen LogP contribution in [0.15, 0.2) is 71.8 Å². The second kappa shape index (κ2) is 14.1. The lowest BCUT2D eigenvalue weighted by Crippen LogP contribution is -2.31. The molecule has 0 radical (unpaired) electrons. The SMILES string of the molecule is COCCNC(=O)Oc1ccc(C(=O)NS(=O)(=O)c2ccc(C(=O)NCCOc3ccccc3)cc2Cl)cn1. The zero-order chi connectivity index (χ0) is 28.3. The third-order valence-corrected chi connectivity index (χ3v) is 6.70. The van der Waals surface area contributed by atoms with Crippen molar-refractivity contribution in [2.24, 2.45) is 0 Å². The number of halogens is 1. The number of hydrogen-bond donors (Lipinski definition) is 3. The number of rotatable bonds is 12. The van der Waals surface area contributed by atoms with Crippen molar-refractivity contribution in [1.82, 2.24) is 20.3 Å². The minimum Gasteiger partial charge on any atom is -0.492 e. The number of sulfonamides is 1. The number of ether oxygens (including phenoxy) is 3. The van der Waals surface area contributed by atoms with Gasteiger partial charge in [0.05, 0.1) is 23.7 Å². The molecule has 2 aromatic carbocycles. The Labute approximate surface area is 229 Å². The fraction of sp³-hybridized carbons (Fsp3) is 0.200. The van der Waals surface area contributed by atoms with Gasteiger partial charge in [-0.2, -0.15) is 0 Å². The number of methoxy groups -OCH3 is 1. The Morgan fingerprint density at radius 3 is 2.28 bits per heavy atom. The molecule has 0 saturated heterocycles. The van der Waals surface area contributed by atoms with E-state index in [1.807, 2.05) is 22.9 Å². The van der Waals surface area contributed by atoms with E-state index < -0.39 is 32.8 Å². The second-order valence-corrected chi connectivity index (χ2v) is 9.75. The predicted octanol–water partition coefficient (Wildman–Crippen LogP) is 2.40. The molecule has 0 unspecified atom stereocenters. The number of nitrogens with zero attached hydrogens (tertiary/aromatic N) is 1. The van der Waals surface area contributed by atoms with E-state index in [0.29, 0.717) is 12.4 Å². The van der Waals surface area contributed by atoms with Crippen LogP contribution in [-0.4, -0.2) is 64.7 Å². The van der Waals surface area contributed by atoms with E-state index in [0.717, 1.165) is 12.3 Å². The molecule has 0 fully saturated rings. The van der Waals surface area contributed by atoms with Gasteiger partial charge >= 0.3 is 6.09 Å². The number of carbonyl (C=O) groups is 3. The molecular weight excluding hydrogens is 552 g/mol. The van der Waals surface area contributed by atoms with E-state index in [9.17, 15) is 22.8 Å². The Bertz CT molecular complexity index is 1400. The molecule has 14 heteroatoms. The van der Waals surface area contributed by atoms with Crippen molar-refractivity contribution in [2.75, 3.05) is 33.4 Å². The first-order valence-electron chi connectivity index (χ1n) is 11.4. The molecule has 206 valence electrons. The zero-order valence-electron chi connectivity index (χ0n) is 20.7. The molecule has 39 heavy (non-hydrogen) atoms. The summed E-state index contributed by atoms with van der Waals surface area (Å²) >= 11 is 6.13. The van der Waals surface area contributed by atoms with Gasteiger partial charge in [0.2, 0.25) is 5.88 Å². The van der Waals surface area contributed by atoms with Gasteiger partial charge in [0.15, 0.2) is 0 Å². The van der Waals surface area contributed by atoms with Gasteiger partial charge in [0.1, 0.15) is 17.3 Å². The van der Waals surface area contributed by atoms with Crippen LogP contribution in [0.25, 0.3) is 0 Å². The van der Waals surface area contributed by atoms with E-state index in [1.54, 1.807) is 12.1 Å². The molecule has 1 aromatic heterocycles. The van der Waals surface area contributed by atoms with Gasteiger partial charge in [-0.3, -0.25) is 9.59 Å². The second-order valence-electron chi connectivity index (χ2n) is 7.69. The number of nitrogens with one attached hydrogen (secondary N) is 3. The summed E-state index contributed by atoms with van der Waals surface area (Å²) in [6.45, 7) is 0.954. The van der Waals surface area contributed by atoms with Crippen molar-refractivity contribution in [2.45, 2.75) is 4.90 Å². The maximum atomic E-state index is 12.8. The molecule has 0 aliphatic heterocycles. The molecule has 12 nitrogen and oxygen atoms in total. The molecule has 0 bridgehead atoms. The highest BCUT2D eigenvalue weighted by Crippen LogP contribution is 2.23. The number of hydrogen-bond acceptors (Lipinski definition) is 9. The zero-order valence-corrected chi connectivity index (χ0v) is 22.3. The van der Waals surface area contributed by atoms with Crippen LogP contribution in [0, 0.1) is 0 Å². The van der Waals surface area contributed by atoms with E-state index in [-0.39, 0.29) is 41.7 Å². The number of benzene rings is 2. The quantitative estimate of drug-likeness (QED) is 0.275. The maximum Gasteiger partial charge on any atom is 0.414 e. The van der Waals surface area contributed by atoms with Crippen LogP contribution < -0.4 is 24.8 Å². The maximum absolute atomic E-state index is 12.8. The fourth-order valence-electron chi connectivity index (χ4n) is 3.01. The number of aromatic nitrogens is 1. The lowest BCUT2D eigenvalue weighted by atomic mass is 10.2. The van der Waals surface area contributed by atoms with Crippen molar-refractivity contribution in [3.63, 3.8) is 0 Å². The molecule has 3 N–H and O–H groups in total. The summed E-state index contributed by atoms with van der Waals surface area (Å²) < 4.78 is 42.6. The number of carbonyl (C=O) groups excluding carboxylic acids is 3. The van der Waals surface area contributed by atoms with Crippen LogP contribution in [-0.2, 0) is 14.8 Å². The normalized spacial score (nSPS) is 10.8. The van der Waals surface area contributed by atoms with E-state index in [2.05, 4.69) is 15.6 Å². The van der Waals surface area contributed by atoms with Crippen LogP contribution in [0.4, 0.5) is 4.79 Å². The van der Waals surface area contributed by atoms with Gasteiger partial charge in [-0.25, -0.2) is 22.9 Å². The van der Waals surface area contributed by atoms with E-state index in [4.69, 9.17) is 25.8 Å². The molecule has 0 aliphatic carbocycles. The third kappa shape index (κ3) is 8.95. The first-order chi connectivity index (χ1) is 18.7. The topological polar surface area (TPSA) is 162 Å². The number of para-hydroxylation sites is 1. The average molecular weight is 577 g/mol. The first kappa shape index (κ1) is 29.4. The van der Waals surface area contributed by atoms with Gasteiger partial charge in [0, 0.05) is 31.5 Å².